The van der Waals surface area contributed by atoms with Crippen molar-refractivity contribution in [2.45, 2.75) is 43.0 Å². The number of carbonyl (C=O) groups excluding carboxylic acids is 1. The van der Waals surface area contributed by atoms with Crippen LogP contribution in [0.5, 0.6) is 0 Å². The molecule has 1 aliphatic carbocycles. The predicted octanol–water partition coefficient (Wildman–Crippen LogP) is 7.80. The lowest BCUT2D eigenvalue weighted by Crippen LogP contribution is -2.40. The van der Waals surface area contributed by atoms with Crippen LogP contribution in [0.25, 0.3) is 10.8 Å². The molecule has 0 unspecified atom stereocenters. The zero-order valence-electron chi connectivity index (χ0n) is 18.8. The molecule has 2 aliphatic heterocycles. The summed E-state index contributed by atoms with van der Waals surface area (Å²) in [6.07, 6.45) is 5.63. The molecule has 2 fully saturated rings. The molecule has 4 nitrogen and oxygen atoms in total. The van der Waals surface area contributed by atoms with Crippen molar-refractivity contribution in [3.63, 3.8) is 0 Å². The average Bonchev–Trinajstić information content (AvgIpc) is 3.35. The highest BCUT2D eigenvalue weighted by atomic mass is 35.5. The summed E-state index contributed by atoms with van der Waals surface area (Å²) in [6.45, 7) is 0. The van der Waals surface area contributed by atoms with E-state index in [9.17, 15) is 4.79 Å². The molecular weight excluding hydrogens is 482 g/mol. The van der Waals surface area contributed by atoms with Crippen LogP contribution in [0.3, 0.4) is 0 Å². The van der Waals surface area contributed by atoms with E-state index < -0.39 is 0 Å². The molecular formula is C27H24ClN3OS2. The Morgan fingerprint density at radius 1 is 0.941 bits per heavy atom. The van der Waals surface area contributed by atoms with Crippen LogP contribution in [0.1, 0.15) is 32.1 Å². The van der Waals surface area contributed by atoms with Gasteiger partial charge in [0.2, 0.25) is 0 Å². The molecule has 1 amide bonds. The van der Waals surface area contributed by atoms with Gasteiger partial charge in [0.05, 0.1) is 16.4 Å². The first-order valence-electron chi connectivity index (χ1n) is 11.6. The van der Waals surface area contributed by atoms with E-state index >= 15 is 0 Å². The highest BCUT2D eigenvalue weighted by Gasteiger charge is 2.42. The van der Waals surface area contributed by atoms with E-state index in [1.54, 1.807) is 11.8 Å². The summed E-state index contributed by atoms with van der Waals surface area (Å²) in [5.74, 6) is 0.0738. The Labute approximate surface area is 213 Å². The third-order valence-corrected chi connectivity index (χ3v) is 9.34. The van der Waals surface area contributed by atoms with Gasteiger partial charge in [-0.05, 0) is 65.7 Å². The highest BCUT2D eigenvalue weighted by molar-refractivity contribution is 8.19. The minimum absolute atomic E-state index is 0.0738. The van der Waals surface area contributed by atoms with Gasteiger partial charge in [0.25, 0.3) is 5.91 Å². The van der Waals surface area contributed by atoms with Crippen molar-refractivity contribution in [3.8, 4) is 0 Å². The summed E-state index contributed by atoms with van der Waals surface area (Å²) < 4.78 is 0. The second kappa shape index (κ2) is 8.99. The van der Waals surface area contributed by atoms with Gasteiger partial charge in [0.15, 0.2) is 5.17 Å². The molecule has 3 aromatic rings. The van der Waals surface area contributed by atoms with Crippen molar-refractivity contribution in [2.75, 3.05) is 11.9 Å². The largest absolute Gasteiger partial charge is 0.337 e. The van der Waals surface area contributed by atoms with Gasteiger partial charge in [0.1, 0.15) is 4.91 Å². The van der Waals surface area contributed by atoms with E-state index in [2.05, 4.69) is 29.2 Å². The van der Waals surface area contributed by atoms with E-state index in [0.29, 0.717) is 5.02 Å². The summed E-state index contributed by atoms with van der Waals surface area (Å²) in [4.78, 5) is 24.8. The zero-order valence-corrected chi connectivity index (χ0v) is 21.2. The lowest BCUT2D eigenvalue weighted by atomic mass is 9.94. The highest BCUT2D eigenvalue weighted by Crippen LogP contribution is 2.51. The molecule has 3 aliphatic rings. The summed E-state index contributed by atoms with van der Waals surface area (Å²) in [5.41, 5.74) is 1.92. The number of anilines is 1. The number of fused-ring (bicyclic) bond motifs is 2. The van der Waals surface area contributed by atoms with Crippen LogP contribution in [-0.2, 0) is 4.79 Å². The molecule has 0 radical (unpaired) electrons. The van der Waals surface area contributed by atoms with Gasteiger partial charge in [-0.15, -0.1) is 0 Å². The van der Waals surface area contributed by atoms with Gasteiger partial charge in [-0.3, -0.25) is 9.69 Å². The van der Waals surface area contributed by atoms with Gasteiger partial charge >= 0.3 is 0 Å². The Morgan fingerprint density at radius 3 is 2.56 bits per heavy atom. The molecule has 34 heavy (non-hydrogen) atoms. The Kier molecular flexibility index (Phi) is 5.84. The number of benzene rings is 3. The Morgan fingerprint density at radius 2 is 1.74 bits per heavy atom. The number of amides is 1. The first kappa shape index (κ1) is 22.1. The standard InChI is InChI=1S/C27H24ClN3OS2/c1-30-22-16-19(28)12-14-23(22)33-26(30)24-25(32)31(21-9-3-2-4-10-21)27(34-24)29-20-13-11-17-7-5-6-8-18(17)15-20/h5-8,11-16,21H,2-4,9-10H2,1H3. The van der Waals surface area contributed by atoms with Crippen LogP contribution >= 0.6 is 35.1 Å². The summed E-state index contributed by atoms with van der Waals surface area (Å²) in [7, 11) is 2.01. The monoisotopic (exact) mass is 505 g/mol. The molecule has 2 heterocycles. The average molecular weight is 506 g/mol. The smallest absolute Gasteiger partial charge is 0.269 e. The summed E-state index contributed by atoms with van der Waals surface area (Å²) in [6, 6.07) is 20.6. The molecule has 1 saturated heterocycles. The molecule has 0 atom stereocenters. The van der Waals surface area contributed by atoms with Crippen molar-refractivity contribution in [1.29, 1.82) is 0 Å². The fourth-order valence-electron chi connectivity index (χ4n) is 4.93. The number of hydrogen-bond donors (Lipinski definition) is 0. The minimum atomic E-state index is 0.0738. The molecule has 0 aromatic heterocycles. The Bertz CT molecular complexity index is 1360. The number of thioether (sulfide) groups is 2. The van der Waals surface area contributed by atoms with Crippen molar-refractivity contribution >= 4 is 68.3 Å². The topological polar surface area (TPSA) is 35.9 Å². The quantitative estimate of drug-likeness (QED) is 0.333. The predicted molar refractivity (Wildman–Crippen MR) is 145 cm³/mol. The third kappa shape index (κ3) is 3.92. The molecule has 6 rings (SSSR count). The normalized spacial score (nSPS) is 22.3. The SMILES string of the molecule is CN1C(=C2SC(=Nc3ccc4ccccc4c3)N(C3CCCCC3)C2=O)Sc2ccc(Cl)cc21. The van der Waals surface area contributed by atoms with Gasteiger partial charge in [-0.25, -0.2) is 4.99 Å². The number of hydrogen-bond acceptors (Lipinski definition) is 5. The van der Waals surface area contributed by atoms with Crippen LogP contribution in [0.15, 0.2) is 80.5 Å². The summed E-state index contributed by atoms with van der Waals surface area (Å²) >= 11 is 9.40. The van der Waals surface area contributed by atoms with Crippen molar-refractivity contribution < 1.29 is 4.79 Å². The maximum atomic E-state index is 13.9. The van der Waals surface area contributed by atoms with Crippen molar-refractivity contribution in [2.24, 2.45) is 4.99 Å². The van der Waals surface area contributed by atoms with E-state index in [0.717, 1.165) is 62.4 Å². The maximum absolute atomic E-state index is 13.9. The van der Waals surface area contributed by atoms with Crippen molar-refractivity contribution in [1.82, 2.24) is 4.90 Å². The Hall–Kier alpha value is -2.41. The molecule has 0 bridgehead atoms. The lowest BCUT2D eigenvalue weighted by Gasteiger charge is -2.30. The van der Waals surface area contributed by atoms with E-state index in [4.69, 9.17) is 16.6 Å². The molecule has 172 valence electrons. The second-order valence-electron chi connectivity index (χ2n) is 8.90. The Balaban J connectivity index is 1.42. The summed E-state index contributed by atoms with van der Waals surface area (Å²) in [5, 5.41) is 4.79. The maximum Gasteiger partial charge on any atom is 0.269 e. The second-order valence-corrected chi connectivity index (χ2v) is 11.3. The van der Waals surface area contributed by atoms with E-state index in [-0.39, 0.29) is 11.9 Å². The van der Waals surface area contributed by atoms with Gasteiger partial charge in [-0.2, -0.15) is 0 Å². The van der Waals surface area contributed by atoms with Gasteiger partial charge in [-0.1, -0.05) is 73.0 Å². The van der Waals surface area contributed by atoms with Gasteiger partial charge < -0.3 is 4.90 Å². The zero-order chi connectivity index (χ0) is 23.2. The van der Waals surface area contributed by atoms with Crippen LogP contribution in [-0.4, -0.2) is 29.1 Å². The molecule has 1 saturated carbocycles. The first-order chi connectivity index (χ1) is 16.6. The lowest BCUT2D eigenvalue weighted by molar-refractivity contribution is -0.124. The fraction of sp³-hybridized carbons (Fsp3) is 0.259. The molecule has 0 spiro atoms. The van der Waals surface area contributed by atoms with Crippen LogP contribution in [0.2, 0.25) is 5.02 Å². The van der Waals surface area contributed by atoms with Gasteiger partial charge in [0, 0.05) is 23.0 Å². The van der Waals surface area contributed by atoms with E-state index in [1.807, 2.05) is 48.3 Å². The number of nitrogens with zero attached hydrogens (tertiary/aromatic N) is 3. The minimum Gasteiger partial charge on any atom is -0.337 e. The van der Waals surface area contributed by atoms with Crippen LogP contribution in [0, 0.1) is 0 Å². The number of rotatable bonds is 2. The number of aliphatic imine (C=N–C) groups is 1. The number of halogens is 1. The number of amidine groups is 1. The molecule has 0 N–H and O–H groups in total. The third-order valence-electron chi connectivity index (χ3n) is 6.70. The molecule has 7 heteroatoms. The number of carbonyl (C=O) groups is 1. The molecule has 3 aromatic carbocycles. The fourth-order valence-corrected chi connectivity index (χ4v) is 7.48. The van der Waals surface area contributed by atoms with Crippen LogP contribution < -0.4 is 4.90 Å². The first-order valence-corrected chi connectivity index (χ1v) is 13.6. The van der Waals surface area contributed by atoms with E-state index in [1.165, 1.54) is 23.6 Å². The van der Waals surface area contributed by atoms with Crippen LogP contribution in [0.4, 0.5) is 11.4 Å². The van der Waals surface area contributed by atoms with Crippen molar-refractivity contribution in [3.05, 3.63) is 75.6 Å².